The summed E-state index contributed by atoms with van der Waals surface area (Å²) in [6.45, 7) is 9.39. The van der Waals surface area contributed by atoms with Crippen LogP contribution in [0.3, 0.4) is 0 Å². The summed E-state index contributed by atoms with van der Waals surface area (Å²) in [6, 6.07) is 0.622. The van der Waals surface area contributed by atoms with Gasteiger partial charge in [0.05, 0.1) is 12.0 Å². The maximum absolute atomic E-state index is 3.71. The molecule has 0 saturated heterocycles. The van der Waals surface area contributed by atoms with Crippen molar-refractivity contribution < 1.29 is 4.57 Å². The Balaban J connectivity index is 2.21. The van der Waals surface area contributed by atoms with Gasteiger partial charge in [-0.2, -0.15) is 0 Å². The van der Waals surface area contributed by atoms with E-state index in [1.807, 2.05) is 0 Å². The normalized spacial score (nSPS) is 13.2. The van der Waals surface area contributed by atoms with Crippen LogP contribution in [-0.2, 0) is 0 Å². The van der Waals surface area contributed by atoms with Crippen LogP contribution in [0.1, 0.15) is 232 Å². The number of hydrogen-bond donors (Lipinski definition) is 1. The summed E-state index contributed by atoms with van der Waals surface area (Å²) >= 11 is 0. The smallest absolute Gasteiger partial charge is 0.247 e. The molecule has 1 rings (SSSR count). The Kier molecular flexibility index (Phi) is 26.4. The van der Waals surface area contributed by atoms with Crippen molar-refractivity contribution >= 4 is 0 Å². The van der Waals surface area contributed by atoms with Crippen LogP contribution in [0.4, 0.5) is 0 Å². The van der Waals surface area contributed by atoms with E-state index in [4.69, 9.17) is 0 Å². The molecule has 0 spiro atoms. The van der Waals surface area contributed by atoms with Gasteiger partial charge in [0, 0.05) is 0 Å². The summed E-state index contributed by atoms with van der Waals surface area (Å²) < 4.78 is 2.61. The van der Waals surface area contributed by atoms with Crippen molar-refractivity contribution in [1.29, 1.82) is 0 Å². The van der Waals surface area contributed by atoms with E-state index in [9.17, 15) is 0 Å². The minimum atomic E-state index is 0.622. The highest BCUT2D eigenvalue weighted by Gasteiger charge is 2.25. The standard InChI is InChI=1S/C38H74N2/c1-5-8-11-14-15-16-17-18-19-20-21-22-23-24-25-27-30-33-37(32-29-13-10-7-3)38-39-34-35-40(38)36(4)31-28-26-12-9-6-2/h34-37H,5-33H2,1-4H3/p+1. The topological polar surface area (TPSA) is 19.7 Å². The van der Waals surface area contributed by atoms with Gasteiger partial charge >= 0.3 is 0 Å². The van der Waals surface area contributed by atoms with Crippen molar-refractivity contribution in [2.24, 2.45) is 0 Å². The van der Waals surface area contributed by atoms with E-state index in [2.05, 4.69) is 49.6 Å². The molecule has 1 N–H and O–H groups in total. The van der Waals surface area contributed by atoms with Gasteiger partial charge in [-0.1, -0.05) is 181 Å². The molecule has 236 valence electrons. The number of nitrogens with one attached hydrogen (secondary N) is 1. The predicted octanol–water partition coefficient (Wildman–Crippen LogP) is 13.3. The Bertz CT molecular complexity index is 621. The van der Waals surface area contributed by atoms with Gasteiger partial charge in [-0.05, 0) is 32.6 Å². The number of nitrogens with zero attached hydrogens (tertiary/aromatic N) is 1. The first kappa shape index (κ1) is 37.2. The second kappa shape index (κ2) is 28.3. The molecule has 2 nitrogen and oxygen atoms in total. The van der Waals surface area contributed by atoms with Gasteiger partial charge in [-0.3, -0.25) is 0 Å². The summed E-state index contributed by atoms with van der Waals surface area (Å²) in [4.78, 5) is 3.71. The number of imidazole rings is 1. The van der Waals surface area contributed by atoms with Gasteiger partial charge in [0.15, 0.2) is 0 Å². The Morgan fingerprint density at radius 3 is 1.20 bits per heavy atom. The van der Waals surface area contributed by atoms with Crippen molar-refractivity contribution in [2.45, 2.75) is 226 Å². The zero-order valence-corrected chi connectivity index (χ0v) is 28.3. The number of aromatic nitrogens is 2. The fraction of sp³-hybridized carbons (Fsp3) is 0.921. The summed E-state index contributed by atoms with van der Waals surface area (Å²) in [5.41, 5.74) is 0. The first-order valence-corrected chi connectivity index (χ1v) is 18.8. The van der Waals surface area contributed by atoms with Gasteiger partial charge in [0.1, 0.15) is 12.4 Å². The third kappa shape index (κ3) is 20.1. The fourth-order valence-electron chi connectivity index (χ4n) is 6.60. The summed E-state index contributed by atoms with van der Waals surface area (Å²) in [7, 11) is 0. The van der Waals surface area contributed by atoms with Crippen molar-refractivity contribution in [2.75, 3.05) is 0 Å². The quantitative estimate of drug-likeness (QED) is 0.0689. The first-order valence-electron chi connectivity index (χ1n) is 18.8. The molecule has 0 saturated carbocycles. The van der Waals surface area contributed by atoms with E-state index in [1.54, 1.807) is 0 Å². The lowest BCUT2D eigenvalue weighted by molar-refractivity contribution is -0.727. The Morgan fingerprint density at radius 2 is 0.800 bits per heavy atom. The van der Waals surface area contributed by atoms with E-state index in [1.165, 1.54) is 192 Å². The van der Waals surface area contributed by atoms with Gasteiger partial charge in [0.25, 0.3) is 5.82 Å². The molecule has 2 atom stereocenters. The van der Waals surface area contributed by atoms with Crippen LogP contribution in [0.15, 0.2) is 12.4 Å². The SMILES string of the molecule is CCCCCCCCCCCCCCCCCCCC(CCCCCC)c1[nH]cc[n+]1C(C)CCCCCCC. The highest BCUT2D eigenvalue weighted by Crippen LogP contribution is 2.27. The number of unbranched alkanes of at least 4 members (excludes halogenated alkanes) is 23. The first-order chi connectivity index (χ1) is 19.7. The van der Waals surface area contributed by atoms with Crippen molar-refractivity contribution in [3.63, 3.8) is 0 Å². The zero-order valence-electron chi connectivity index (χ0n) is 28.3. The molecule has 0 aliphatic rings. The van der Waals surface area contributed by atoms with E-state index >= 15 is 0 Å². The highest BCUT2D eigenvalue weighted by molar-refractivity contribution is 4.90. The molecular formula is C38H75N2+. The molecule has 0 aliphatic heterocycles. The Hall–Kier alpha value is -0.790. The Labute approximate surface area is 253 Å². The third-order valence-electron chi connectivity index (χ3n) is 9.39. The highest BCUT2D eigenvalue weighted by atomic mass is 15.1. The van der Waals surface area contributed by atoms with Gasteiger partial charge in [-0.25, -0.2) is 9.55 Å². The second-order valence-electron chi connectivity index (χ2n) is 13.3. The summed E-state index contributed by atoms with van der Waals surface area (Å²) in [5, 5.41) is 0. The second-order valence-corrected chi connectivity index (χ2v) is 13.3. The van der Waals surface area contributed by atoms with Gasteiger partial charge in [0.2, 0.25) is 0 Å². The number of hydrogen-bond acceptors (Lipinski definition) is 0. The average Bonchev–Trinajstić information content (AvgIpc) is 3.45. The minimum Gasteiger partial charge on any atom is -0.247 e. The molecule has 40 heavy (non-hydrogen) atoms. The van der Waals surface area contributed by atoms with Crippen LogP contribution in [0.25, 0.3) is 0 Å². The average molecular weight is 560 g/mol. The molecule has 2 unspecified atom stereocenters. The van der Waals surface area contributed by atoms with Crippen LogP contribution in [0.2, 0.25) is 0 Å². The van der Waals surface area contributed by atoms with E-state index < -0.39 is 0 Å². The van der Waals surface area contributed by atoms with Crippen LogP contribution in [0, 0.1) is 0 Å². The molecule has 0 fully saturated rings. The summed E-state index contributed by atoms with van der Waals surface area (Å²) in [6.07, 6.45) is 45.8. The maximum Gasteiger partial charge on any atom is 0.257 e. The van der Waals surface area contributed by atoms with Crippen LogP contribution < -0.4 is 4.57 Å². The maximum atomic E-state index is 3.71. The lowest BCUT2D eigenvalue weighted by atomic mass is 9.93. The van der Waals surface area contributed by atoms with Crippen molar-refractivity contribution in [1.82, 2.24) is 4.98 Å². The predicted molar refractivity (Wildman–Crippen MR) is 179 cm³/mol. The van der Waals surface area contributed by atoms with E-state index in [0.717, 1.165) is 0 Å². The van der Waals surface area contributed by atoms with Crippen LogP contribution in [-0.4, -0.2) is 4.98 Å². The van der Waals surface area contributed by atoms with Crippen LogP contribution in [0.5, 0.6) is 0 Å². The zero-order chi connectivity index (χ0) is 28.9. The lowest BCUT2D eigenvalue weighted by Gasteiger charge is -2.17. The number of H-pyrrole nitrogens is 1. The van der Waals surface area contributed by atoms with Crippen LogP contribution >= 0.6 is 0 Å². The molecule has 0 aromatic carbocycles. The molecule has 1 aromatic heterocycles. The van der Waals surface area contributed by atoms with Crippen molar-refractivity contribution in [3.8, 4) is 0 Å². The van der Waals surface area contributed by atoms with E-state index in [0.29, 0.717) is 12.0 Å². The molecule has 0 amide bonds. The molecule has 0 radical (unpaired) electrons. The molecule has 2 heteroatoms. The molecule has 0 bridgehead atoms. The number of aromatic amines is 1. The summed E-state index contributed by atoms with van der Waals surface area (Å²) in [5.74, 6) is 2.24. The fourth-order valence-corrected chi connectivity index (χ4v) is 6.60. The molecule has 0 aliphatic carbocycles. The molecular weight excluding hydrogens is 484 g/mol. The van der Waals surface area contributed by atoms with Gasteiger partial charge in [-0.15, -0.1) is 0 Å². The Morgan fingerprint density at radius 1 is 0.475 bits per heavy atom. The van der Waals surface area contributed by atoms with E-state index in [-0.39, 0.29) is 0 Å². The van der Waals surface area contributed by atoms with Crippen molar-refractivity contribution in [3.05, 3.63) is 18.2 Å². The lowest BCUT2D eigenvalue weighted by Crippen LogP contribution is -2.41. The molecule has 1 aromatic rings. The minimum absolute atomic E-state index is 0.622. The largest absolute Gasteiger partial charge is 0.257 e. The monoisotopic (exact) mass is 560 g/mol. The van der Waals surface area contributed by atoms with Gasteiger partial charge < -0.3 is 0 Å². The number of rotatable bonds is 31. The molecule has 1 heterocycles. The third-order valence-corrected chi connectivity index (χ3v) is 9.39.